The highest BCUT2D eigenvalue weighted by Crippen LogP contribution is 2.13. The van der Waals surface area contributed by atoms with Crippen LogP contribution in [0.5, 0.6) is 0 Å². The van der Waals surface area contributed by atoms with E-state index in [0.717, 1.165) is 11.8 Å². The maximum absolute atomic E-state index is 10.3. The number of carbonyl (C=O) groups is 1. The summed E-state index contributed by atoms with van der Waals surface area (Å²) < 4.78 is 6.85. The van der Waals surface area contributed by atoms with Crippen LogP contribution in [0, 0.1) is 0 Å². The molecular formula is C6H12N2O2S. The third kappa shape index (κ3) is 3.90. The van der Waals surface area contributed by atoms with Crippen molar-refractivity contribution in [3.8, 4) is 0 Å². The molecule has 0 spiro atoms. The molecule has 0 saturated carbocycles. The van der Waals surface area contributed by atoms with Gasteiger partial charge < -0.3 is 16.6 Å². The number of carboxylic acid groups (broad SMARTS) is 1. The van der Waals surface area contributed by atoms with E-state index in [4.69, 9.17) is 17.9 Å². The average molecular weight is 177 g/mol. The van der Waals surface area contributed by atoms with Crippen LogP contribution in [-0.2, 0) is 4.79 Å². The summed E-state index contributed by atoms with van der Waals surface area (Å²) in [5.41, 5.74) is 10.3. The molecule has 0 aromatic carbocycles. The van der Waals surface area contributed by atoms with Crippen LogP contribution >= 0.6 is 11.8 Å². The SMILES string of the molecule is [2H]C(N)=CSC(C)[C@H](N)C(=O)O. The molecule has 0 bridgehead atoms. The molecule has 0 amide bonds. The van der Waals surface area contributed by atoms with Gasteiger partial charge in [0.15, 0.2) is 0 Å². The van der Waals surface area contributed by atoms with Gasteiger partial charge in [0.25, 0.3) is 0 Å². The van der Waals surface area contributed by atoms with Gasteiger partial charge in [-0.25, -0.2) is 0 Å². The lowest BCUT2D eigenvalue weighted by atomic mass is 10.2. The average Bonchev–Trinajstić information content (AvgIpc) is 1.98. The molecular weight excluding hydrogens is 164 g/mol. The van der Waals surface area contributed by atoms with E-state index in [2.05, 4.69) is 0 Å². The zero-order valence-electron chi connectivity index (χ0n) is 7.15. The standard InChI is InChI=1S/C6H12N2O2S/c1-4(11-3-2-7)5(8)6(9)10/h2-5H,7-8H2,1H3,(H,9,10)/t4?,5-/m0/s1/i2D. The van der Waals surface area contributed by atoms with Crippen LogP contribution in [0.3, 0.4) is 0 Å². The Hall–Kier alpha value is -0.680. The van der Waals surface area contributed by atoms with Crippen molar-refractivity contribution in [1.82, 2.24) is 0 Å². The fourth-order valence-electron chi connectivity index (χ4n) is 0.432. The Bertz CT molecular complexity index is 194. The zero-order chi connectivity index (χ0) is 9.72. The van der Waals surface area contributed by atoms with E-state index < -0.39 is 12.0 Å². The molecule has 2 atom stereocenters. The summed E-state index contributed by atoms with van der Waals surface area (Å²) >= 11 is 1.14. The molecule has 0 rings (SSSR count). The first-order valence-corrected chi connectivity index (χ1v) is 3.95. The first kappa shape index (κ1) is 8.42. The number of thioether (sulfide) groups is 1. The molecule has 4 nitrogen and oxygen atoms in total. The van der Waals surface area contributed by atoms with Crippen LogP contribution in [0.1, 0.15) is 8.29 Å². The Labute approximate surface area is 71.0 Å². The van der Waals surface area contributed by atoms with E-state index in [1.165, 1.54) is 5.41 Å². The summed E-state index contributed by atoms with van der Waals surface area (Å²) in [6.07, 6.45) is -0.0931. The smallest absolute Gasteiger partial charge is 0.321 e. The second-order valence-electron chi connectivity index (χ2n) is 1.99. The van der Waals surface area contributed by atoms with E-state index in [-0.39, 0.29) is 11.4 Å². The topological polar surface area (TPSA) is 89.3 Å². The molecule has 0 heterocycles. The zero-order valence-corrected chi connectivity index (χ0v) is 6.97. The van der Waals surface area contributed by atoms with Crippen LogP contribution in [-0.4, -0.2) is 22.4 Å². The van der Waals surface area contributed by atoms with Gasteiger partial charge in [0.05, 0.1) is 1.37 Å². The molecule has 0 aromatic rings. The van der Waals surface area contributed by atoms with Crippen molar-refractivity contribution in [2.75, 3.05) is 0 Å². The second kappa shape index (κ2) is 5.03. The van der Waals surface area contributed by atoms with E-state index in [1.807, 2.05) is 0 Å². The molecule has 0 aromatic heterocycles. The van der Waals surface area contributed by atoms with Gasteiger partial charge in [0, 0.05) is 11.4 Å². The predicted octanol–water partition coefficient (Wildman–Crippen LogP) is -0.0501. The quantitative estimate of drug-likeness (QED) is 0.560. The number of hydrogen-bond donors (Lipinski definition) is 3. The fraction of sp³-hybridized carbons (Fsp3) is 0.500. The minimum Gasteiger partial charge on any atom is -0.480 e. The summed E-state index contributed by atoms with van der Waals surface area (Å²) in [6.45, 7) is 1.67. The molecule has 5 heteroatoms. The largest absolute Gasteiger partial charge is 0.480 e. The monoisotopic (exact) mass is 177 g/mol. The second-order valence-corrected chi connectivity index (χ2v) is 3.24. The number of carboxylic acids is 1. The van der Waals surface area contributed by atoms with Gasteiger partial charge in [-0.2, -0.15) is 0 Å². The van der Waals surface area contributed by atoms with Gasteiger partial charge in [-0.3, -0.25) is 4.79 Å². The maximum atomic E-state index is 10.3. The van der Waals surface area contributed by atoms with Crippen LogP contribution in [0.15, 0.2) is 11.6 Å². The van der Waals surface area contributed by atoms with Gasteiger partial charge in [0.1, 0.15) is 6.04 Å². The van der Waals surface area contributed by atoms with Crippen LogP contribution in [0.4, 0.5) is 0 Å². The molecule has 0 aliphatic carbocycles. The Kier molecular flexibility index (Phi) is 3.85. The van der Waals surface area contributed by atoms with Crippen molar-refractivity contribution in [2.24, 2.45) is 11.5 Å². The highest BCUT2D eigenvalue weighted by Gasteiger charge is 2.18. The van der Waals surface area contributed by atoms with Crippen molar-refractivity contribution in [3.05, 3.63) is 11.6 Å². The Morgan fingerprint density at radius 1 is 1.91 bits per heavy atom. The molecule has 11 heavy (non-hydrogen) atoms. The minimum absolute atomic E-state index is 0.0931. The number of rotatable bonds is 4. The molecule has 0 radical (unpaired) electrons. The number of aliphatic carboxylic acids is 1. The van der Waals surface area contributed by atoms with E-state index in [9.17, 15) is 4.79 Å². The molecule has 0 aliphatic rings. The molecule has 5 N–H and O–H groups in total. The third-order valence-corrected chi connectivity index (χ3v) is 2.14. The lowest BCUT2D eigenvalue weighted by Crippen LogP contribution is -2.38. The third-order valence-electron chi connectivity index (χ3n) is 1.14. The number of hydrogen-bond acceptors (Lipinski definition) is 4. The Morgan fingerprint density at radius 2 is 2.45 bits per heavy atom. The lowest BCUT2D eigenvalue weighted by molar-refractivity contribution is -0.138. The first-order valence-electron chi connectivity index (χ1n) is 3.51. The van der Waals surface area contributed by atoms with Crippen LogP contribution in [0.2, 0.25) is 0 Å². The number of nitrogens with two attached hydrogens (primary N) is 2. The Balaban J connectivity index is 3.95. The Morgan fingerprint density at radius 3 is 2.82 bits per heavy atom. The van der Waals surface area contributed by atoms with Gasteiger partial charge in [-0.15, -0.1) is 11.8 Å². The predicted molar refractivity (Wildman–Crippen MR) is 46.0 cm³/mol. The molecule has 0 fully saturated rings. The summed E-state index contributed by atoms with van der Waals surface area (Å²) in [7, 11) is 0. The highest BCUT2D eigenvalue weighted by molar-refractivity contribution is 8.02. The van der Waals surface area contributed by atoms with Gasteiger partial charge in [-0.1, -0.05) is 6.92 Å². The summed E-state index contributed by atoms with van der Waals surface area (Å²) in [6, 6.07) is -0.925. The fourth-order valence-corrected chi connectivity index (χ4v) is 1.01. The van der Waals surface area contributed by atoms with E-state index in [0.29, 0.717) is 0 Å². The summed E-state index contributed by atoms with van der Waals surface area (Å²) in [4.78, 5) is 10.3. The highest BCUT2D eigenvalue weighted by atomic mass is 32.2. The van der Waals surface area contributed by atoms with Crippen molar-refractivity contribution in [3.63, 3.8) is 0 Å². The minimum atomic E-state index is -1.05. The van der Waals surface area contributed by atoms with Crippen molar-refractivity contribution in [1.29, 1.82) is 0 Å². The molecule has 0 aliphatic heterocycles. The van der Waals surface area contributed by atoms with Crippen molar-refractivity contribution in [2.45, 2.75) is 18.2 Å². The first-order chi connectivity index (χ1) is 5.45. The molecule has 1 unspecified atom stereocenters. The van der Waals surface area contributed by atoms with Crippen molar-refractivity contribution >= 4 is 17.7 Å². The maximum Gasteiger partial charge on any atom is 0.321 e. The van der Waals surface area contributed by atoms with Crippen LogP contribution in [0.25, 0.3) is 0 Å². The van der Waals surface area contributed by atoms with E-state index >= 15 is 0 Å². The summed E-state index contributed by atoms with van der Waals surface area (Å²) in [5.74, 6) is -1.05. The van der Waals surface area contributed by atoms with E-state index in [1.54, 1.807) is 6.92 Å². The molecule has 0 saturated heterocycles. The van der Waals surface area contributed by atoms with Gasteiger partial charge in [-0.05, 0) is 5.41 Å². The van der Waals surface area contributed by atoms with Crippen LogP contribution < -0.4 is 11.5 Å². The normalized spacial score (nSPS) is 18.7. The van der Waals surface area contributed by atoms with Gasteiger partial charge >= 0.3 is 5.97 Å². The lowest BCUT2D eigenvalue weighted by Gasteiger charge is -2.12. The molecule has 64 valence electrons. The van der Waals surface area contributed by atoms with Crippen molar-refractivity contribution < 1.29 is 11.3 Å². The summed E-state index contributed by atoms with van der Waals surface area (Å²) in [5, 5.41) is 9.56. The van der Waals surface area contributed by atoms with Gasteiger partial charge in [0.2, 0.25) is 0 Å².